The van der Waals surface area contributed by atoms with Crippen molar-refractivity contribution in [3.05, 3.63) is 16.9 Å². The third-order valence-corrected chi connectivity index (χ3v) is 3.17. The van der Waals surface area contributed by atoms with Gasteiger partial charge < -0.3 is 20.1 Å². The van der Waals surface area contributed by atoms with E-state index in [-0.39, 0.29) is 17.7 Å². The number of aromatic hydroxyl groups is 3. The minimum absolute atomic E-state index is 0.0116. The van der Waals surface area contributed by atoms with E-state index in [9.17, 15) is 19.7 Å². The average molecular weight is 287 g/mol. The zero-order valence-electron chi connectivity index (χ0n) is 12.1. The lowest BCUT2D eigenvalue weighted by molar-refractivity contribution is 0.0334. The maximum Gasteiger partial charge on any atom is 0.172 e. The zero-order valence-corrected chi connectivity index (χ0v) is 12.1. The van der Waals surface area contributed by atoms with Crippen molar-refractivity contribution in [2.75, 3.05) is 26.3 Å². The van der Waals surface area contributed by atoms with E-state index in [4.69, 9.17) is 4.74 Å². The summed E-state index contributed by atoms with van der Waals surface area (Å²) in [4.78, 5) is 1.91. The summed E-state index contributed by atoms with van der Waals surface area (Å²) in [6.45, 7) is 7.85. The molecule has 0 bridgehead atoms. The fourth-order valence-corrected chi connectivity index (χ4v) is 1.98. The zero-order chi connectivity index (χ0) is 15.3. The standard InChI is InChI=1S/C12H16FNO4.C2H6/c1-7-9(13)11(16)8(12(17)10(7)15)6-14-2-4-18-5-3-14;1-2/h15-17H,2-6H2,1H3;1-2H3. The van der Waals surface area contributed by atoms with Crippen molar-refractivity contribution in [2.45, 2.75) is 27.3 Å². The molecule has 1 fully saturated rings. The van der Waals surface area contributed by atoms with Crippen molar-refractivity contribution in [1.29, 1.82) is 0 Å². The van der Waals surface area contributed by atoms with Crippen LogP contribution in [0.5, 0.6) is 17.2 Å². The Kier molecular flexibility index (Phi) is 6.04. The second-order valence-corrected chi connectivity index (χ2v) is 4.35. The summed E-state index contributed by atoms with van der Waals surface area (Å²) in [6, 6.07) is 0. The van der Waals surface area contributed by atoms with Gasteiger partial charge in [-0.25, -0.2) is 4.39 Å². The first-order valence-corrected chi connectivity index (χ1v) is 6.74. The molecule has 1 aromatic carbocycles. The molecule has 3 N–H and O–H groups in total. The number of ether oxygens (including phenoxy) is 1. The first-order chi connectivity index (χ1) is 9.52. The van der Waals surface area contributed by atoms with Crippen LogP contribution in [-0.2, 0) is 11.3 Å². The number of rotatable bonds is 2. The van der Waals surface area contributed by atoms with Gasteiger partial charge in [0, 0.05) is 25.2 Å². The van der Waals surface area contributed by atoms with Crippen LogP contribution < -0.4 is 0 Å². The first kappa shape index (κ1) is 16.5. The third kappa shape index (κ3) is 3.32. The summed E-state index contributed by atoms with van der Waals surface area (Å²) in [7, 11) is 0. The number of phenolic OH excluding ortho intramolecular Hbond substituents is 3. The third-order valence-electron chi connectivity index (χ3n) is 3.17. The number of hydrogen-bond acceptors (Lipinski definition) is 5. The van der Waals surface area contributed by atoms with E-state index in [0.29, 0.717) is 26.3 Å². The van der Waals surface area contributed by atoms with Gasteiger partial charge in [-0.2, -0.15) is 0 Å². The van der Waals surface area contributed by atoms with Gasteiger partial charge >= 0.3 is 0 Å². The molecule has 20 heavy (non-hydrogen) atoms. The second-order valence-electron chi connectivity index (χ2n) is 4.35. The van der Waals surface area contributed by atoms with E-state index < -0.39 is 23.1 Å². The van der Waals surface area contributed by atoms with E-state index in [1.54, 1.807) is 0 Å². The molecule has 1 aliphatic rings. The van der Waals surface area contributed by atoms with Crippen LogP contribution in [-0.4, -0.2) is 46.5 Å². The highest BCUT2D eigenvalue weighted by Gasteiger charge is 2.23. The van der Waals surface area contributed by atoms with Crippen LogP contribution >= 0.6 is 0 Å². The van der Waals surface area contributed by atoms with Crippen LogP contribution in [0, 0.1) is 12.7 Å². The quantitative estimate of drug-likeness (QED) is 0.574. The van der Waals surface area contributed by atoms with Crippen LogP contribution in [0.2, 0.25) is 0 Å². The summed E-state index contributed by atoms with van der Waals surface area (Å²) in [5.41, 5.74) is -0.145. The molecule has 0 aromatic heterocycles. The van der Waals surface area contributed by atoms with Crippen LogP contribution in [0.25, 0.3) is 0 Å². The van der Waals surface area contributed by atoms with Gasteiger partial charge in [0.2, 0.25) is 0 Å². The normalized spacial score (nSPS) is 15.6. The average Bonchev–Trinajstić information content (AvgIpc) is 2.51. The van der Waals surface area contributed by atoms with Gasteiger partial charge in [0.1, 0.15) is 0 Å². The second kappa shape index (κ2) is 7.31. The Balaban J connectivity index is 0.000000956. The lowest BCUT2D eigenvalue weighted by atomic mass is 10.1. The fraction of sp³-hybridized carbons (Fsp3) is 0.571. The summed E-state index contributed by atoms with van der Waals surface area (Å²) in [6.07, 6.45) is 0. The molecule has 1 aliphatic heterocycles. The highest BCUT2D eigenvalue weighted by atomic mass is 19.1. The lowest BCUT2D eigenvalue weighted by Gasteiger charge is -2.27. The highest BCUT2D eigenvalue weighted by molar-refractivity contribution is 5.56. The molecule has 5 nitrogen and oxygen atoms in total. The smallest absolute Gasteiger partial charge is 0.172 e. The van der Waals surface area contributed by atoms with Crippen LogP contribution in [0.3, 0.4) is 0 Å². The molecular formula is C14H22FNO4. The minimum atomic E-state index is -0.895. The molecule has 1 heterocycles. The van der Waals surface area contributed by atoms with Crippen molar-refractivity contribution in [3.8, 4) is 17.2 Å². The van der Waals surface area contributed by atoms with Crippen LogP contribution in [0.4, 0.5) is 4.39 Å². The van der Waals surface area contributed by atoms with Crippen LogP contribution in [0.1, 0.15) is 25.0 Å². The van der Waals surface area contributed by atoms with Gasteiger partial charge in [0.25, 0.3) is 0 Å². The maximum atomic E-state index is 13.6. The number of hydrogen-bond donors (Lipinski definition) is 3. The SMILES string of the molecule is CC.Cc1c(O)c(O)c(CN2CCOCC2)c(O)c1F. The minimum Gasteiger partial charge on any atom is -0.504 e. The van der Waals surface area contributed by atoms with E-state index in [1.807, 2.05) is 18.7 Å². The summed E-state index contributed by atoms with van der Waals surface area (Å²) in [5.74, 6) is -2.48. The van der Waals surface area contributed by atoms with E-state index in [2.05, 4.69) is 0 Å². The first-order valence-electron chi connectivity index (χ1n) is 6.74. The largest absolute Gasteiger partial charge is 0.504 e. The predicted octanol–water partition coefficient (Wildman–Crippen LogP) is 2.11. The molecule has 0 radical (unpaired) electrons. The van der Waals surface area contributed by atoms with E-state index in [1.165, 1.54) is 6.92 Å². The Labute approximate surface area is 118 Å². The number of halogens is 1. The summed E-state index contributed by atoms with van der Waals surface area (Å²) in [5, 5.41) is 29.1. The van der Waals surface area contributed by atoms with Crippen molar-refractivity contribution in [2.24, 2.45) is 0 Å². The molecule has 1 saturated heterocycles. The number of nitrogens with zero attached hydrogens (tertiary/aromatic N) is 1. The Morgan fingerprint density at radius 2 is 1.60 bits per heavy atom. The van der Waals surface area contributed by atoms with E-state index >= 15 is 0 Å². The maximum absolute atomic E-state index is 13.6. The molecule has 0 amide bonds. The molecule has 1 aromatic rings. The predicted molar refractivity (Wildman–Crippen MR) is 73.6 cm³/mol. The molecule has 0 unspecified atom stereocenters. The van der Waals surface area contributed by atoms with E-state index in [0.717, 1.165) is 0 Å². The fourth-order valence-electron chi connectivity index (χ4n) is 1.98. The topological polar surface area (TPSA) is 73.2 Å². The van der Waals surface area contributed by atoms with Crippen molar-refractivity contribution >= 4 is 0 Å². The highest BCUT2D eigenvalue weighted by Crippen LogP contribution is 2.41. The lowest BCUT2D eigenvalue weighted by Crippen LogP contribution is -2.35. The van der Waals surface area contributed by atoms with Gasteiger partial charge in [-0.05, 0) is 6.92 Å². The monoisotopic (exact) mass is 287 g/mol. The van der Waals surface area contributed by atoms with Gasteiger partial charge in [-0.3, -0.25) is 4.90 Å². The van der Waals surface area contributed by atoms with Gasteiger partial charge in [-0.1, -0.05) is 13.8 Å². The summed E-state index contributed by atoms with van der Waals surface area (Å²) < 4.78 is 18.8. The van der Waals surface area contributed by atoms with Crippen molar-refractivity contribution in [3.63, 3.8) is 0 Å². The van der Waals surface area contributed by atoms with Gasteiger partial charge in [-0.15, -0.1) is 0 Å². The molecule has 6 heteroatoms. The number of morpholine rings is 1. The molecule has 114 valence electrons. The Morgan fingerprint density at radius 1 is 1.05 bits per heavy atom. The molecule has 2 rings (SSSR count). The summed E-state index contributed by atoms with van der Waals surface area (Å²) >= 11 is 0. The van der Waals surface area contributed by atoms with Gasteiger partial charge in [0.15, 0.2) is 23.1 Å². The number of phenols is 3. The Morgan fingerprint density at radius 3 is 2.15 bits per heavy atom. The van der Waals surface area contributed by atoms with Crippen molar-refractivity contribution in [1.82, 2.24) is 4.90 Å². The number of benzene rings is 1. The van der Waals surface area contributed by atoms with Crippen molar-refractivity contribution < 1.29 is 24.4 Å². The van der Waals surface area contributed by atoms with Gasteiger partial charge in [0.05, 0.1) is 18.8 Å². The Hall–Kier alpha value is -1.53. The molecule has 0 spiro atoms. The van der Waals surface area contributed by atoms with Crippen LogP contribution in [0.15, 0.2) is 0 Å². The molecule has 0 saturated carbocycles. The molecule has 0 atom stereocenters. The Bertz CT molecular complexity index is 430. The molecular weight excluding hydrogens is 265 g/mol. The molecule has 0 aliphatic carbocycles.